The highest BCUT2D eigenvalue weighted by molar-refractivity contribution is 14.1. The Labute approximate surface area is 87.1 Å². The summed E-state index contributed by atoms with van der Waals surface area (Å²) in [6, 6.07) is 6.18. The van der Waals surface area contributed by atoms with Crippen molar-refractivity contribution in [3.8, 4) is 0 Å². The molecule has 1 aromatic carbocycles. The molecule has 0 heterocycles. The van der Waals surface area contributed by atoms with Crippen LogP contribution in [0.25, 0.3) is 0 Å². The molecule has 0 N–H and O–H groups in total. The van der Waals surface area contributed by atoms with E-state index in [1.54, 1.807) is 0 Å². The molecule has 0 saturated carbocycles. The fraction of sp³-hybridized carbons (Fsp3) is 0. The molecule has 0 aromatic heterocycles. The van der Waals surface area contributed by atoms with Gasteiger partial charge in [0.05, 0.1) is 0 Å². The number of benzene rings is 1. The predicted molar refractivity (Wildman–Crippen MR) is 59.1 cm³/mol. The third-order valence-corrected chi connectivity index (χ3v) is 2.35. The molecule has 0 fully saturated rings. The smallest absolute Gasteiger partial charge is 0.0151 e. The topological polar surface area (TPSA) is 0 Å². The highest BCUT2D eigenvalue weighted by Crippen LogP contribution is 2.16. The Morgan fingerprint density at radius 2 is 1.44 bits per heavy atom. The summed E-state index contributed by atoms with van der Waals surface area (Å²) in [5.74, 6) is 0. The van der Waals surface area contributed by atoms with Crippen LogP contribution >= 0.6 is 57.8 Å². The lowest BCUT2D eigenvalue weighted by Crippen LogP contribution is -1.74. The predicted octanol–water partition coefficient (Wildman–Crippen LogP) is 3.18. The van der Waals surface area contributed by atoms with Gasteiger partial charge in [-0.15, -0.1) is 12.6 Å². The van der Waals surface area contributed by atoms with Crippen LogP contribution in [0.5, 0.6) is 0 Å². The van der Waals surface area contributed by atoms with Crippen molar-refractivity contribution in [2.45, 2.75) is 4.90 Å². The van der Waals surface area contributed by atoms with Gasteiger partial charge >= 0.3 is 0 Å². The van der Waals surface area contributed by atoms with E-state index < -0.39 is 0 Å². The van der Waals surface area contributed by atoms with E-state index in [-0.39, 0.29) is 0 Å². The van der Waals surface area contributed by atoms with Crippen molar-refractivity contribution in [3.63, 3.8) is 0 Å². The number of rotatable bonds is 0. The maximum Gasteiger partial charge on any atom is 0.0151 e. The summed E-state index contributed by atoms with van der Waals surface area (Å²) < 4.78 is 2.48. The van der Waals surface area contributed by atoms with Gasteiger partial charge < -0.3 is 0 Å². The first kappa shape index (κ1) is 8.13. The third-order valence-electron chi connectivity index (χ3n) is 0.847. The third kappa shape index (κ3) is 2.63. The fourth-order valence-electron chi connectivity index (χ4n) is 0.539. The van der Waals surface area contributed by atoms with E-state index in [0.29, 0.717) is 0 Å². The van der Waals surface area contributed by atoms with Crippen LogP contribution in [0.2, 0.25) is 0 Å². The lowest BCUT2D eigenvalue weighted by molar-refractivity contribution is 1.41. The molecule has 0 saturated heterocycles. The monoisotopic (exact) mass is 362 g/mol. The second kappa shape index (κ2) is 3.43. The van der Waals surface area contributed by atoms with Crippen LogP contribution in [0.4, 0.5) is 0 Å². The van der Waals surface area contributed by atoms with Crippen LogP contribution in [0, 0.1) is 7.14 Å². The second-order valence-corrected chi connectivity index (χ2v) is 4.64. The standard InChI is InChI=1S/C6H4I2S/c7-4-1-5(8)3-6(9)2-4/h1-3,9H. The normalized spacial score (nSPS) is 9.67. The molecule has 1 aromatic rings. The number of hydrogen-bond donors (Lipinski definition) is 1. The molecule has 0 aliphatic carbocycles. The molecule has 0 radical (unpaired) electrons. The van der Waals surface area contributed by atoms with Gasteiger partial charge in [0.2, 0.25) is 0 Å². The first-order valence-corrected chi connectivity index (χ1v) is 4.94. The molecule has 0 spiro atoms. The summed E-state index contributed by atoms with van der Waals surface area (Å²) in [5, 5.41) is 0. The zero-order valence-electron chi connectivity index (χ0n) is 4.44. The van der Waals surface area contributed by atoms with E-state index in [1.807, 2.05) is 12.1 Å². The summed E-state index contributed by atoms with van der Waals surface area (Å²) in [4.78, 5) is 1.03. The molecule has 1 rings (SSSR count). The van der Waals surface area contributed by atoms with Crippen LogP contribution in [-0.4, -0.2) is 0 Å². The highest BCUT2D eigenvalue weighted by atomic mass is 127. The highest BCUT2D eigenvalue weighted by Gasteiger charge is 1.90. The van der Waals surface area contributed by atoms with Crippen LogP contribution < -0.4 is 0 Å². The van der Waals surface area contributed by atoms with Crippen molar-refractivity contribution in [2.24, 2.45) is 0 Å². The Kier molecular flexibility index (Phi) is 3.10. The maximum absolute atomic E-state index is 4.21. The average molecular weight is 362 g/mol. The molecule has 0 atom stereocenters. The molecule has 9 heavy (non-hydrogen) atoms. The van der Waals surface area contributed by atoms with Gasteiger partial charge in [0, 0.05) is 12.0 Å². The maximum atomic E-state index is 4.21. The average Bonchev–Trinajstić information content (AvgIpc) is 1.59. The van der Waals surface area contributed by atoms with E-state index in [0.717, 1.165) is 4.90 Å². The van der Waals surface area contributed by atoms with Gasteiger partial charge in [-0.2, -0.15) is 0 Å². The molecular formula is C6H4I2S. The van der Waals surface area contributed by atoms with E-state index >= 15 is 0 Å². The molecule has 0 aliphatic heterocycles. The van der Waals surface area contributed by atoms with Gasteiger partial charge in [-0.3, -0.25) is 0 Å². The Bertz CT molecular complexity index is 172. The summed E-state index contributed by atoms with van der Waals surface area (Å²) >= 11 is 8.77. The van der Waals surface area contributed by atoms with Gasteiger partial charge in [0.1, 0.15) is 0 Å². The van der Waals surface area contributed by atoms with Crippen molar-refractivity contribution in [3.05, 3.63) is 25.3 Å². The van der Waals surface area contributed by atoms with Crippen LogP contribution in [0.15, 0.2) is 23.1 Å². The molecule has 48 valence electrons. The lowest BCUT2D eigenvalue weighted by Gasteiger charge is -1.93. The van der Waals surface area contributed by atoms with Gasteiger partial charge in [-0.05, 0) is 63.4 Å². The van der Waals surface area contributed by atoms with Crippen molar-refractivity contribution in [1.82, 2.24) is 0 Å². The molecule has 0 nitrogen and oxygen atoms in total. The van der Waals surface area contributed by atoms with Gasteiger partial charge in [-0.1, -0.05) is 0 Å². The lowest BCUT2D eigenvalue weighted by atomic mass is 10.4. The zero-order chi connectivity index (χ0) is 6.85. The Morgan fingerprint density at radius 3 is 1.78 bits per heavy atom. The van der Waals surface area contributed by atoms with Gasteiger partial charge in [-0.25, -0.2) is 0 Å². The number of hydrogen-bond acceptors (Lipinski definition) is 1. The van der Waals surface area contributed by atoms with Crippen molar-refractivity contribution >= 4 is 57.8 Å². The minimum atomic E-state index is 1.03. The zero-order valence-corrected chi connectivity index (χ0v) is 9.64. The summed E-state index contributed by atoms with van der Waals surface area (Å²) in [5.41, 5.74) is 0. The largest absolute Gasteiger partial charge is 0.143 e. The number of halogens is 2. The summed E-state index contributed by atoms with van der Waals surface area (Å²) in [6.45, 7) is 0. The Morgan fingerprint density at radius 1 is 1.00 bits per heavy atom. The molecule has 3 heteroatoms. The first-order chi connectivity index (χ1) is 4.18. The Hall–Kier alpha value is 1.03. The van der Waals surface area contributed by atoms with E-state index in [9.17, 15) is 0 Å². The van der Waals surface area contributed by atoms with Gasteiger partial charge in [0.15, 0.2) is 0 Å². The van der Waals surface area contributed by atoms with E-state index in [1.165, 1.54) is 7.14 Å². The SMILES string of the molecule is Sc1cc(I)cc(I)c1. The van der Waals surface area contributed by atoms with Crippen molar-refractivity contribution in [2.75, 3.05) is 0 Å². The van der Waals surface area contributed by atoms with Gasteiger partial charge in [0.25, 0.3) is 0 Å². The summed E-state index contributed by atoms with van der Waals surface area (Å²) in [7, 11) is 0. The van der Waals surface area contributed by atoms with Crippen LogP contribution in [0.1, 0.15) is 0 Å². The molecule has 0 bridgehead atoms. The summed E-state index contributed by atoms with van der Waals surface area (Å²) in [6.07, 6.45) is 0. The number of thiol groups is 1. The van der Waals surface area contributed by atoms with Crippen molar-refractivity contribution in [1.29, 1.82) is 0 Å². The minimum absolute atomic E-state index is 1.03. The van der Waals surface area contributed by atoms with E-state index in [4.69, 9.17) is 0 Å². The molecule has 0 unspecified atom stereocenters. The molecular weight excluding hydrogens is 358 g/mol. The molecule has 0 amide bonds. The van der Waals surface area contributed by atoms with Crippen LogP contribution in [-0.2, 0) is 0 Å². The quantitative estimate of drug-likeness (QED) is 0.532. The fourth-order valence-corrected chi connectivity index (χ4v) is 3.25. The van der Waals surface area contributed by atoms with Crippen LogP contribution in [0.3, 0.4) is 0 Å². The molecule has 0 aliphatic rings. The second-order valence-electron chi connectivity index (χ2n) is 1.63. The minimum Gasteiger partial charge on any atom is -0.143 e. The van der Waals surface area contributed by atoms with Crippen molar-refractivity contribution < 1.29 is 0 Å². The Balaban J connectivity index is 3.17. The van der Waals surface area contributed by atoms with E-state index in [2.05, 4.69) is 63.9 Å². The first-order valence-electron chi connectivity index (χ1n) is 2.33.